The average molecular weight is 374 g/mol. The van der Waals surface area contributed by atoms with Crippen molar-refractivity contribution in [2.45, 2.75) is 32.6 Å². The molecule has 0 fully saturated rings. The van der Waals surface area contributed by atoms with Crippen molar-refractivity contribution in [1.82, 2.24) is 14.9 Å². The van der Waals surface area contributed by atoms with Crippen molar-refractivity contribution in [2.75, 3.05) is 6.61 Å². The molecule has 3 rings (SSSR count). The molecule has 0 saturated carbocycles. The van der Waals surface area contributed by atoms with Gasteiger partial charge in [-0.25, -0.2) is 4.98 Å². The number of hydrogen-bond donors (Lipinski definition) is 1. The summed E-state index contributed by atoms with van der Waals surface area (Å²) in [5.74, 6) is -0.153. The van der Waals surface area contributed by atoms with Crippen LogP contribution in [0.15, 0.2) is 18.3 Å². The van der Waals surface area contributed by atoms with Gasteiger partial charge in [-0.2, -0.15) is 13.2 Å². The van der Waals surface area contributed by atoms with Crippen molar-refractivity contribution in [3.8, 4) is 5.88 Å². The molecule has 0 aliphatic carbocycles. The first-order valence-corrected chi connectivity index (χ1v) is 7.88. The second kappa shape index (κ2) is 6.25. The maximum Gasteiger partial charge on any atom is 0.422 e. The second-order valence-electron chi connectivity index (χ2n) is 5.88. The van der Waals surface area contributed by atoms with Gasteiger partial charge in [0.05, 0.1) is 12.6 Å². The Morgan fingerprint density at radius 3 is 2.84 bits per heavy atom. The monoisotopic (exact) mass is 373 g/mol. The summed E-state index contributed by atoms with van der Waals surface area (Å²) in [6.45, 7) is 2.33. The van der Waals surface area contributed by atoms with E-state index in [2.05, 4.69) is 9.97 Å². The highest BCUT2D eigenvalue weighted by atomic mass is 35.5. The van der Waals surface area contributed by atoms with Gasteiger partial charge in [-0.15, -0.1) is 0 Å². The molecule has 9 heteroatoms. The van der Waals surface area contributed by atoms with E-state index in [-0.39, 0.29) is 16.9 Å². The molecule has 1 atom stereocenters. The summed E-state index contributed by atoms with van der Waals surface area (Å²) >= 11 is 6.04. The molecule has 3 heterocycles. The van der Waals surface area contributed by atoms with E-state index in [0.29, 0.717) is 28.9 Å². The molecule has 0 saturated heterocycles. The Balaban J connectivity index is 1.80. The molecule has 1 aliphatic rings. The first kappa shape index (κ1) is 17.6. The number of halogens is 4. The van der Waals surface area contributed by atoms with Crippen molar-refractivity contribution in [2.24, 2.45) is 0 Å². The van der Waals surface area contributed by atoms with E-state index in [9.17, 15) is 18.0 Å². The van der Waals surface area contributed by atoms with Gasteiger partial charge < -0.3 is 14.6 Å². The number of aromatic amines is 1. The largest absolute Gasteiger partial charge is 0.469 e. The van der Waals surface area contributed by atoms with Gasteiger partial charge in [0.15, 0.2) is 12.5 Å². The lowest BCUT2D eigenvalue weighted by molar-refractivity contribution is -0.154. The second-order valence-corrected chi connectivity index (χ2v) is 6.24. The molecule has 0 spiro atoms. The molecule has 2 aromatic heterocycles. The Morgan fingerprint density at radius 2 is 2.20 bits per heavy atom. The summed E-state index contributed by atoms with van der Waals surface area (Å²) in [7, 11) is 0. The number of nitrogens with one attached hydrogen (secondary N) is 1. The standard InChI is InChI=1S/C16H15ClF3N3O2/c1-8-5-12(22-14(8)25-7-16(18,19)20)9(2)23-6-11-10(15(23)24)3-4-21-13(11)17/h3-5,9,22H,6-7H2,1-2H3. The quantitative estimate of drug-likeness (QED) is 0.823. The van der Waals surface area contributed by atoms with Gasteiger partial charge >= 0.3 is 6.18 Å². The van der Waals surface area contributed by atoms with Gasteiger partial charge in [0.1, 0.15) is 5.15 Å². The van der Waals surface area contributed by atoms with Gasteiger partial charge in [0.2, 0.25) is 0 Å². The van der Waals surface area contributed by atoms with Gasteiger partial charge in [-0.1, -0.05) is 11.6 Å². The van der Waals surface area contributed by atoms with Gasteiger partial charge in [-0.05, 0) is 26.0 Å². The Hall–Kier alpha value is -2.22. The van der Waals surface area contributed by atoms with Gasteiger partial charge in [0, 0.05) is 28.6 Å². The van der Waals surface area contributed by atoms with Crippen LogP contribution in [0.2, 0.25) is 5.15 Å². The molecule has 2 aromatic rings. The molecule has 1 aliphatic heterocycles. The first-order chi connectivity index (χ1) is 11.7. The maximum atomic E-state index is 12.6. The van der Waals surface area contributed by atoms with E-state index in [1.165, 1.54) is 6.20 Å². The third-order valence-corrected chi connectivity index (χ3v) is 4.43. The molecule has 0 aromatic carbocycles. The van der Waals surface area contributed by atoms with Crippen LogP contribution in [0.5, 0.6) is 5.88 Å². The lowest BCUT2D eigenvalue weighted by Gasteiger charge is -2.23. The Kier molecular flexibility index (Phi) is 4.40. The number of aromatic nitrogens is 2. The van der Waals surface area contributed by atoms with E-state index in [4.69, 9.17) is 16.3 Å². The van der Waals surface area contributed by atoms with E-state index in [1.54, 1.807) is 30.9 Å². The molecular weight excluding hydrogens is 359 g/mol. The van der Waals surface area contributed by atoms with E-state index in [1.807, 2.05) is 0 Å². The number of carbonyl (C=O) groups is 1. The number of amides is 1. The van der Waals surface area contributed by atoms with E-state index < -0.39 is 18.8 Å². The van der Waals surface area contributed by atoms with E-state index >= 15 is 0 Å². The lowest BCUT2D eigenvalue weighted by atomic mass is 10.2. The van der Waals surface area contributed by atoms with Crippen molar-refractivity contribution < 1.29 is 22.7 Å². The number of aryl methyl sites for hydroxylation is 1. The number of rotatable bonds is 4. The van der Waals surface area contributed by atoms with Crippen molar-refractivity contribution in [1.29, 1.82) is 0 Å². The van der Waals surface area contributed by atoms with Crippen LogP contribution in [0, 0.1) is 6.92 Å². The third kappa shape index (κ3) is 3.44. The molecule has 1 amide bonds. The summed E-state index contributed by atoms with van der Waals surface area (Å²) in [5.41, 5.74) is 2.26. The van der Waals surface area contributed by atoms with Crippen LogP contribution in [0.4, 0.5) is 13.2 Å². The minimum atomic E-state index is -4.42. The number of ether oxygens (including phenoxy) is 1. The highest BCUT2D eigenvalue weighted by Gasteiger charge is 2.34. The molecule has 5 nitrogen and oxygen atoms in total. The summed E-state index contributed by atoms with van der Waals surface area (Å²) in [6.07, 6.45) is -2.95. The fourth-order valence-electron chi connectivity index (χ4n) is 2.79. The van der Waals surface area contributed by atoms with Crippen LogP contribution in [0.25, 0.3) is 0 Å². The number of hydrogen-bond acceptors (Lipinski definition) is 3. The number of pyridine rings is 1. The maximum absolute atomic E-state index is 12.6. The predicted molar refractivity (Wildman–Crippen MR) is 84.6 cm³/mol. The Morgan fingerprint density at radius 1 is 1.48 bits per heavy atom. The van der Waals surface area contributed by atoms with Crippen LogP contribution in [0.3, 0.4) is 0 Å². The number of carbonyl (C=O) groups excluding carboxylic acids is 1. The summed E-state index contributed by atoms with van der Waals surface area (Å²) in [5, 5.41) is 0.275. The highest BCUT2D eigenvalue weighted by Crippen LogP contribution is 2.35. The van der Waals surface area contributed by atoms with Crippen molar-refractivity contribution in [3.05, 3.63) is 45.9 Å². The third-order valence-electron chi connectivity index (χ3n) is 4.11. The fraction of sp³-hybridized carbons (Fsp3) is 0.375. The van der Waals surface area contributed by atoms with Gasteiger partial charge in [0.25, 0.3) is 5.91 Å². The number of fused-ring (bicyclic) bond motifs is 1. The zero-order chi connectivity index (χ0) is 18.4. The molecule has 0 bridgehead atoms. The number of alkyl halides is 3. The SMILES string of the molecule is Cc1cc(C(C)N2Cc3c(ccnc3Cl)C2=O)[nH]c1OCC(F)(F)F. The predicted octanol–water partition coefficient (Wildman–Crippen LogP) is 4.03. The molecular formula is C16H15ClF3N3O2. The minimum absolute atomic E-state index is 0.0445. The summed E-state index contributed by atoms with van der Waals surface area (Å²) < 4.78 is 41.7. The number of nitrogens with zero attached hydrogens (tertiary/aromatic N) is 2. The summed E-state index contributed by atoms with van der Waals surface area (Å²) in [6, 6.07) is 2.89. The Bertz CT molecular complexity index is 819. The lowest BCUT2D eigenvalue weighted by Crippen LogP contribution is -2.27. The summed E-state index contributed by atoms with van der Waals surface area (Å²) in [4.78, 5) is 20.9. The average Bonchev–Trinajstić information content (AvgIpc) is 3.06. The molecule has 1 N–H and O–H groups in total. The molecule has 25 heavy (non-hydrogen) atoms. The fourth-order valence-corrected chi connectivity index (χ4v) is 3.01. The normalized spacial score (nSPS) is 15.4. The number of H-pyrrole nitrogens is 1. The van der Waals surface area contributed by atoms with Crippen molar-refractivity contribution >= 4 is 17.5 Å². The van der Waals surface area contributed by atoms with Crippen LogP contribution in [-0.4, -0.2) is 33.6 Å². The van der Waals surface area contributed by atoms with Crippen LogP contribution in [-0.2, 0) is 6.54 Å². The van der Waals surface area contributed by atoms with Crippen molar-refractivity contribution in [3.63, 3.8) is 0 Å². The Labute approximate surface area is 146 Å². The van der Waals surface area contributed by atoms with Crippen LogP contribution < -0.4 is 4.74 Å². The zero-order valence-electron chi connectivity index (χ0n) is 13.4. The smallest absolute Gasteiger partial charge is 0.422 e. The topological polar surface area (TPSA) is 58.2 Å². The molecule has 134 valence electrons. The first-order valence-electron chi connectivity index (χ1n) is 7.51. The van der Waals surface area contributed by atoms with Gasteiger partial charge in [-0.3, -0.25) is 4.79 Å². The van der Waals surface area contributed by atoms with Crippen LogP contribution >= 0.6 is 11.6 Å². The minimum Gasteiger partial charge on any atom is -0.469 e. The van der Waals surface area contributed by atoms with E-state index in [0.717, 1.165) is 0 Å². The molecule has 0 radical (unpaired) electrons. The molecule has 1 unspecified atom stereocenters. The van der Waals surface area contributed by atoms with Crippen LogP contribution in [0.1, 0.15) is 40.1 Å². The zero-order valence-corrected chi connectivity index (χ0v) is 14.2. The highest BCUT2D eigenvalue weighted by molar-refractivity contribution is 6.30.